The van der Waals surface area contributed by atoms with E-state index in [2.05, 4.69) is 25.9 Å². The van der Waals surface area contributed by atoms with E-state index in [1.807, 2.05) is 30.3 Å². The van der Waals surface area contributed by atoms with Crippen LogP contribution in [0.15, 0.2) is 41.1 Å². The van der Waals surface area contributed by atoms with Gasteiger partial charge in [-0.25, -0.2) is 9.97 Å². The van der Waals surface area contributed by atoms with Gasteiger partial charge in [-0.05, 0) is 24.3 Å². The number of halogens is 1. The van der Waals surface area contributed by atoms with Crippen LogP contribution in [0.25, 0.3) is 0 Å². The molecule has 4 nitrogen and oxygen atoms in total. The number of rotatable bonds is 2. The number of ether oxygens (including phenoxy) is 1. The predicted molar refractivity (Wildman–Crippen MR) is 61.0 cm³/mol. The van der Waals surface area contributed by atoms with Gasteiger partial charge in [0.25, 0.3) is 0 Å². The van der Waals surface area contributed by atoms with Gasteiger partial charge in [-0.1, -0.05) is 15.9 Å². The van der Waals surface area contributed by atoms with Gasteiger partial charge in [0, 0.05) is 4.47 Å². The maximum Gasteiger partial charge on any atom is 0.237 e. The van der Waals surface area contributed by atoms with Crippen LogP contribution in [0.3, 0.4) is 0 Å². The molecule has 0 aliphatic rings. The third-order valence-corrected chi connectivity index (χ3v) is 2.31. The summed E-state index contributed by atoms with van der Waals surface area (Å²) in [5.74, 6) is 1.03. The highest BCUT2D eigenvalue weighted by atomic mass is 79.9. The van der Waals surface area contributed by atoms with Crippen LogP contribution in [0.5, 0.6) is 11.6 Å². The number of nitrogens with zero attached hydrogens (tertiary/aromatic N) is 3. The summed E-state index contributed by atoms with van der Waals surface area (Å²) in [4.78, 5) is 7.80. The molecule has 2 aromatic rings. The number of hydrogen-bond acceptors (Lipinski definition) is 4. The molecule has 0 aliphatic carbocycles. The fourth-order valence-corrected chi connectivity index (χ4v) is 1.31. The van der Waals surface area contributed by atoms with E-state index in [1.54, 1.807) is 0 Å². The molecule has 0 unspecified atom stereocenters. The Hall–Kier alpha value is -1.93. The van der Waals surface area contributed by atoms with Gasteiger partial charge < -0.3 is 4.74 Å². The predicted octanol–water partition coefficient (Wildman–Crippen LogP) is 2.90. The number of aromatic nitrogens is 2. The molecule has 1 aromatic heterocycles. The van der Waals surface area contributed by atoms with Gasteiger partial charge in [-0.2, -0.15) is 5.26 Å². The van der Waals surface area contributed by atoms with Crippen LogP contribution in [-0.2, 0) is 0 Å². The lowest BCUT2D eigenvalue weighted by atomic mass is 10.3. The van der Waals surface area contributed by atoms with E-state index < -0.39 is 0 Å². The normalized spacial score (nSPS) is 9.50. The summed E-state index contributed by atoms with van der Waals surface area (Å²) in [6, 6.07) is 9.24. The summed E-state index contributed by atoms with van der Waals surface area (Å²) in [6.45, 7) is 0. The number of benzene rings is 1. The zero-order valence-corrected chi connectivity index (χ0v) is 9.68. The fraction of sp³-hybridized carbons (Fsp3) is 0. The van der Waals surface area contributed by atoms with Gasteiger partial charge in [-0.15, -0.1) is 0 Å². The summed E-state index contributed by atoms with van der Waals surface area (Å²) in [5, 5.41) is 8.55. The second-order valence-electron chi connectivity index (χ2n) is 2.91. The lowest BCUT2D eigenvalue weighted by molar-refractivity contribution is 0.460. The molecule has 5 heteroatoms. The Balaban J connectivity index is 2.15. The third-order valence-electron chi connectivity index (χ3n) is 1.78. The SMILES string of the molecule is N#Cc1cnc(Oc2ccc(Br)cc2)cn1. The Labute approximate surface area is 101 Å². The topological polar surface area (TPSA) is 58.8 Å². The molecule has 2 rings (SSSR count). The van der Waals surface area contributed by atoms with E-state index >= 15 is 0 Å². The van der Waals surface area contributed by atoms with Crippen LogP contribution in [0.2, 0.25) is 0 Å². The van der Waals surface area contributed by atoms with Crippen LogP contribution < -0.4 is 4.74 Å². The summed E-state index contributed by atoms with van der Waals surface area (Å²) in [5.41, 5.74) is 0.267. The average Bonchev–Trinajstić information content (AvgIpc) is 2.33. The molecule has 1 heterocycles. The monoisotopic (exact) mass is 275 g/mol. The highest BCUT2D eigenvalue weighted by Crippen LogP contribution is 2.20. The summed E-state index contributed by atoms with van der Waals surface area (Å²) >= 11 is 3.33. The third kappa shape index (κ3) is 2.55. The minimum atomic E-state index is 0.267. The van der Waals surface area contributed by atoms with Crippen molar-refractivity contribution in [1.82, 2.24) is 9.97 Å². The molecule has 0 aliphatic heterocycles. The molecular weight excluding hydrogens is 270 g/mol. The molecule has 0 amide bonds. The first-order valence-corrected chi connectivity index (χ1v) is 5.23. The largest absolute Gasteiger partial charge is 0.438 e. The Morgan fingerprint density at radius 1 is 1.12 bits per heavy atom. The lowest BCUT2D eigenvalue weighted by Crippen LogP contribution is -1.90. The van der Waals surface area contributed by atoms with Crippen molar-refractivity contribution in [3.05, 3.63) is 46.8 Å². The minimum absolute atomic E-state index is 0.267. The standard InChI is InChI=1S/C11H6BrN3O/c12-8-1-3-10(4-2-8)16-11-7-14-9(5-13)6-15-11/h1-4,6-7H. The van der Waals surface area contributed by atoms with Gasteiger partial charge in [0.05, 0.1) is 12.4 Å². The molecule has 0 spiro atoms. The first kappa shape index (κ1) is 10.6. The minimum Gasteiger partial charge on any atom is -0.438 e. The molecule has 0 saturated heterocycles. The Morgan fingerprint density at radius 2 is 1.88 bits per heavy atom. The lowest BCUT2D eigenvalue weighted by Gasteiger charge is -2.03. The van der Waals surface area contributed by atoms with Gasteiger partial charge in [0.1, 0.15) is 11.8 Å². The van der Waals surface area contributed by atoms with Gasteiger partial charge in [0.15, 0.2) is 5.69 Å². The van der Waals surface area contributed by atoms with Crippen LogP contribution in [0.1, 0.15) is 5.69 Å². The van der Waals surface area contributed by atoms with E-state index in [4.69, 9.17) is 10.00 Å². The van der Waals surface area contributed by atoms with E-state index in [0.717, 1.165) is 4.47 Å². The first-order valence-electron chi connectivity index (χ1n) is 4.43. The molecule has 78 valence electrons. The molecule has 0 N–H and O–H groups in total. The maximum absolute atomic E-state index is 8.55. The van der Waals surface area contributed by atoms with Crippen molar-refractivity contribution in [3.63, 3.8) is 0 Å². The van der Waals surface area contributed by atoms with Crippen molar-refractivity contribution in [2.45, 2.75) is 0 Å². The van der Waals surface area contributed by atoms with Crippen molar-refractivity contribution < 1.29 is 4.74 Å². The van der Waals surface area contributed by atoms with Crippen LogP contribution >= 0.6 is 15.9 Å². The van der Waals surface area contributed by atoms with Crippen molar-refractivity contribution in [2.75, 3.05) is 0 Å². The second kappa shape index (κ2) is 4.73. The molecule has 0 bridgehead atoms. The van der Waals surface area contributed by atoms with E-state index in [1.165, 1.54) is 12.4 Å². The van der Waals surface area contributed by atoms with Crippen molar-refractivity contribution in [2.24, 2.45) is 0 Å². The fourth-order valence-electron chi connectivity index (χ4n) is 1.05. The quantitative estimate of drug-likeness (QED) is 0.846. The van der Waals surface area contributed by atoms with E-state index in [9.17, 15) is 0 Å². The zero-order valence-electron chi connectivity index (χ0n) is 8.09. The Morgan fingerprint density at radius 3 is 2.44 bits per heavy atom. The van der Waals surface area contributed by atoms with E-state index in [0.29, 0.717) is 11.6 Å². The first-order chi connectivity index (χ1) is 7.78. The number of hydrogen-bond donors (Lipinski definition) is 0. The Bertz CT molecular complexity index is 516. The van der Waals surface area contributed by atoms with Gasteiger partial charge in [0.2, 0.25) is 5.88 Å². The van der Waals surface area contributed by atoms with Gasteiger partial charge >= 0.3 is 0 Å². The number of nitriles is 1. The van der Waals surface area contributed by atoms with E-state index in [-0.39, 0.29) is 5.69 Å². The van der Waals surface area contributed by atoms with Crippen molar-refractivity contribution in [3.8, 4) is 17.7 Å². The maximum atomic E-state index is 8.55. The molecule has 0 atom stereocenters. The Kier molecular flexibility index (Phi) is 3.13. The highest BCUT2D eigenvalue weighted by molar-refractivity contribution is 9.10. The summed E-state index contributed by atoms with van der Waals surface area (Å²) in [6.07, 6.45) is 2.79. The van der Waals surface area contributed by atoms with Gasteiger partial charge in [-0.3, -0.25) is 0 Å². The molecule has 0 saturated carbocycles. The molecule has 1 aromatic carbocycles. The highest BCUT2D eigenvalue weighted by Gasteiger charge is 1.99. The second-order valence-corrected chi connectivity index (χ2v) is 3.82. The van der Waals surface area contributed by atoms with Crippen molar-refractivity contribution in [1.29, 1.82) is 5.26 Å². The average molecular weight is 276 g/mol. The molecule has 0 radical (unpaired) electrons. The summed E-state index contributed by atoms with van der Waals surface area (Å²) < 4.78 is 6.41. The smallest absolute Gasteiger partial charge is 0.237 e. The van der Waals surface area contributed by atoms with Crippen LogP contribution in [0.4, 0.5) is 0 Å². The van der Waals surface area contributed by atoms with Crippen LogP contribution in [-0.4, -0.2) is 9.97 Å². The molecular formula is C11H6BrN3O. The zero-order chi connectivity index (χ0) is 11.4. The van der Waals surface area contributed by atoms with Crippen LogP contribution in [0, 0.1) is 11.3 Å². The molecule has 0 fully saturated rings. The van der Waals surface area contributed by atoms with Crippen molar-refractivity contribution >= 4 is 15.9 Å². The molecule has 16 heavy (non-hydrogen) atoms. The summed E-state index contributed by atoms with van der Waals surface area (Å²) in [7, 11) is 0.